The SMILES string of the molecule is CCC(=Cc1ccc(Cl)cc1)C(=O)c1ccccc1. The van der Waals surface area contributed by atoms with E-state index < -0.39 is 0 Å². The molecular formula is C17H15ClO. The number of hydrogen-bond donors (Lipinski definition) is 0. The fourth-order valence-corrected chi connectivity index (χ4v) is 1.99. The Labute approximate surface area is 118 Å². The lowest BCUT2D eigenvalue weighted by molar-refractivity contribution is 0.103. The van der Waals surface area contributed by atoms with Gasteiger partial charge < -0.3 is 0 Å². The summed E-state index contributed by atoms with van der Waals surface area (Å²) in [6.07, 6.45) is 2.63. The van der Waals surface area contributed by atoms with E-state index >= 15 is 0 Å². The van der Waals surface area contributed by atoms with Crippen LogP contribution in [0.2, 0.25) is 5.02 Å². The third kappa shape index (κ3) is 3.55. The van der Waals surface area contributed by atoms with Crippen LogP contribution in [0.5, 0.6) is 0 Å². The summed E-state index contributed by atoms with van der Waals surface area (Å²) < 4.78 is 0. The molecule has 2 aromatic carbocycles. The van der Waals surface area contributed by atoms with E-state index in [4.69, 9.17) is 11.6 Å². The number of hydrogen-bond acceptors (Lipinski definition) is 1. The average Bonchev–Trinajstić information content (AvgIpc) is 2.47. The second-order valence-electron chi connectivity index (χ2n) is 4.27. The number of ketones is 1. The van der Waals surface area contributed by atoms with Gasteiger partial charge in [0.1, 0.15) is 0 Å². The quantitative estimate of drug-likeness (QED) is 0.563. The number of carbonyl (C=O) groups excluding carboxylic acids is 1. The number of rotatable bonds is 4. The van der Waals surface area contributed by atoms with Gasteiger partial charge >= 0.3 is 0 Å². The summed E-state index contributed by atoms with van der Waals surface area (Å²) in [6, 6.07) is 16.8. The molecule has 0 aliphatic rings. The largest absolute Gasteiger partial charge is 0.289 e. The first-order valence-corrected chi connectivity index (χ1v) is 6.64. The molecule has 0 amide bonds. The molecule has 2 heteroatoms. The summed E-state index contributed by atoms with van der Waals surface area (Å²) in [5.41, 5.74) is 2.52. The first kappa shape index (κ1) is 13.6. The van der Waals surface area contributed by atoms with E-state index in [1.165, 1.54) is 0 Å². The van der Waals surface area contributed by atoms with E-state index in [-0.39, 0.29) is 5.78 Å². The lowest BCUT2D eigenvalue weighted by atomic mass is 9.99. The molecule has 0 saturated carbocycles. The van der Waals surface area contributed by atoms with Gasteiger partial charge in [-0.1, -0.05) is 61.0 Å². The summed E-state index contributed by atoms with van der Waals surface area (Å²) in [5, 5.41) is 0.699. The summed E-state index contributed by atoms with van der Waals surface area (Å²) >= 11 is 5.85. The van der Waals surface area contributed by atoms with Crippen molar-refractivity contribution in [3.8, 4) is 0 Å². The van der Waals surface area contributed by atoms with Crippen LogP contribution in [-0.4, -0.2) is 5.78 Å². The van der Waals surface area contributed by atoms with Crippen LogP contribution in [0.25, 0.3) is 6.08 Å². The maximum absolute atomic E-state index is 12.4. The third-order valence-corrected chi connectivity index (χ3v) is 3.17. The molecule has 0 bridgehead atoms. The van der Waals surface area contributed by atoms with Crippen molar-refractivity contribution < 1.29 is 4.79 Å². The van der Waals surface area contributed by atoms with Crippen LogP contribution in [0.1, 0.15) is 29.3 Å². The Morgan fingerprint density at radius 2 is 1.68 bits per heavy atom. The van der Waals surface area contributed by atoms with Crippen molar-refractivity contribution in [3.63, 3.8) is 0 Å². The van der Waals surface area contributed by atoms with Gasteiger partial charge in [0.2, 0.25) is 0 Å². The summed E-state index contributed by atoms with van der Waals surface area (Å²) in [7, 11) is 0. The van der Waals surface area contributed by atoms with Gasteiger partial charge in [-0.3, -0.25) is 4.79 Å². The molecule has 0 heterocycles. The molecule has 0 atom stereocenters. The number of benzene rings is 2. The van der Waals surface area contributed by atoms with E-state index in [1.807, 2.05) is 67.6 Å². The Morgan fingerprint density at radius 3 is 2.26 bits per heavy atom. The Balaban J connectivity index is 2.29. The topological polar surface area (TPSA) is 17.1 Å². The molecule has 0 saturated heterocycles. The van der Waals surface area contributed by atoms with E-state index in [9.17, 15) is 4.79 Å². The third-order valence-electron chi connectivity index (χ3n) is 2.92. The maximum atomic E-state index is 12.4. The standard InChI is InChI=1S/C17H15ClO/c1-2-14(12-13-8-10-16(18)11-9-13)17(19)15-6-4-3-5-7-15/h3-12H,2H2,1H3. The summed E-state index contributed by atoms with van der Waals surface area (Å²) in [6.45, 7) is 1.99. The Bertz CT molecular complexity index is 582. The van der Waals surface area contributed by atoms with E-state index in [0.29, 0.717) is 11.4 Å². The number of carbonyl (C=O) groups is 1. The van der Waals surface area contributed by atoms with Gasteiger partial charge in [-0.25, -0.2) is 0 Å². The molecule has 96 valence electrons. The summed E-state index contributed by atoms with van der Waals surface area (Å²) in [4.78, 5) is 12.4. The minimum absolute atomic E-state index is 0.0815. The lowest BCUT2D eigenvalue weighted by Crippen LogP contribution is -2.02. The van der Waals surface area contributed by atoms with Crippen molar-refractivity contribution in [1.29, 1.82) is 0 Å². The van der Waals surface area contributed by atoms with Crippen LogP contribution in [0.15, 0.2) is 60.2 Å². The zero-order chi connectivity index (χ0) is 13.7. The molecule has 0 radical (unpaired) electrons. The molecule has 0 fully saturated rings. The van der Waals surface area contributed by atoms with Gasteiger partial charge in [0.15, 0.2) is 5.78 Å². The molecule has 19 heavy (non-hydrogen) atoms. The van der Waals surface area contributed by atoms with Gasteiger partial charge in [0.25, 0.3) is 0 Å². The second-order valence-corrected chi connectivity index (χ2v) is 4.71. The predicted octanol–water partition coefficient (Wildman–Crippen LogP) is 5.02. The highest BCUT2D eigenvalue weighted by Gasteiger charge is 2.09. The molecule has 0 spiro atoms. The number of allylic oxidation sites excluding steroid dienone is 1. The average molecular weight is 271 g/mol. The van der Waals surface area contributed by atoms with Gasteiger partial charge in [-0.2, -0.15) is 0 Å². The zero-order valence-corrected chi connectivity index (χ0v) is 11.5. The number of halogens is 1. The van der Waals surface area contributed by atoms with E-state index in [0.717, 1.165) is 16.7 Å². The van der Waals surface area contributed by atoms with Crippen molar-refractivity contribution in [3.05, 3.63) is 76.3 Å². The fourth-order valence-electron chi connectivity index (χ4n) is 1.86. The molecule has 0 aliphatic heterocycles. The zero-order valence-electron chi connectivity index (χ0n) is 10.8. The molecule has 0 N–H and O–H groups in total. The van der Waals surface area contributed by atoms with Crippen LogP contribution in [0, 0.1) is 0 Å². The van der Waals surface area contributed by atoms with Gasteiger partial charge in [0.05, 0.1) is 0 Å². The van der Waals surface area contributed by atoms with Crippen molar-refractivity contribution in [2.75, 3.05) is 0 Å². The maximum Gasteiger partial charge on any atom is 0.189 e. The van der Waals surface area contributed by atoms with Crippen LogP contribution in [0.4, 0.5) is 0 Å². The molecule has 2 rings (SSSR count). The fraction of sp³-hybridized carbons (Fsp3) is 0.118. The Morgan fingerprint density at radius 1 is 1.05 bits per heavy atom. The van der Waals surface area contributed by atoms with E-state index in [2.05, 4.69) is 0 Å². The molecule has 0 aromatic heterocycles. The first-order chi connectivity index (χ1) is 9.20. The van der Waals surface area contributed by atoms with Gasteiger partial charge in [-0.15, -0.1) is 0 Å². The monoisotopic (exact) mass is 270 g/mol. The van der Waals surface area contributed by atoms with Gasteiger partial charge in [-0.05, 0) is 30.2 Å². The van der Waals surface area contributed by atoms with Crippen molar-refractivity contribution in [2.45, 2.75) is 13.3 Å². The van der Waals surface area contributed by atoms with Crippen molar-refractivity contribution in [1.82, 2.24) is 0 Å². The molecule has 0 aliphatic carbocycles. The molecule has 1 nitrogen and oxygen atoms in total. The Hall–Kier alpha value is -1.86. The molecule has 2 aromatic rings. The minimum atomic E-state index is 0.0815. The van der Waals surface area contributed by atoms with Crippen LogP contribution >= 0.6 is 11.6 Å². The molecular weight excluding hydrogens is 256 g/mol. The van der Waals surface area contributed by atoms with Gasteiger partial charge in [0, 0.05) is 16.2 Å². The summed E-state index contributed by atoms with van der Waals surface area (Å²) in [5.74, 6) is 0.0815. The van der Waals surface area contributed by atoms with Crippen LogP contribution in [-0.2, 0) is 0 Å². The Kier molecular flexibility index (Phi) is 4.53. The first-order valence-electron chi connectivity index (χ1n) is 6.26. The highest BCUT2D eigenvalue weighted by Crippen LogP contribution is 2.17. The minimum Gasteiger partial charge on any atom is -0.289 e. The highest BCUT2D eigenvalue weighted by molar-refractivity contribution is 6.30. The predicted molar refractivity (Wildman–Crippen MR) is 80.5 cm³/mol. The smallest absolute Gasteiger partial charge is 0.189 e. The highest BCUT2D eigenvalue weighted by atomic mass is 35.5. The lowest BCUT2D eigenvalue weighted by Gasteiger charge is -2.04. The van der Waals surface area contributed by atoms with Crippen molar-refractivity contribution in [2.24, 2.45) is 0 Å². The molecule has 0 unspecified atom stereocenters. The van der Waals surface area contributed by atoms with Crippen LogP contribution in [0.3, 0.4) is 0 Å². The van der Waals surface area contributed by atoms with Crippen LogP contribution < -0.4 is 0 Å². The van der Waals surface area contributed by atoms with E-state index in [1.54, 1.807) is 0 Å². The normalized spacial score (nSPS) is 11.4. The van der Waals surface area contributed by atoms with Crippen molar-refractivity contribution >= 4 is 23.5 Å². The second kappa shape index (κ2) is 6.35. The number of Topliss-reactive ketones (excluding diaryl/α,β-unsaturated/α-hetero) is 1.